The first kappa shape index (κ1) is 21.8. The van der Waals surface area contributed by atoms with Gasteiger partial charge in [0.15, 0.2) is 0 Å². The van der Waals surface area contributed by atoms with Crippen LogP contribution in [0.3, 0.4) is 0 Å². The van der Waals surface area contributed by atoms with Gasteiger partial charge in [-0.1, -0.05) is 43.2 Å². The lowest BCUT2D eigenvalue weighted by Crippen LogP contribution is -2.50. The Hall–Kier alpha value is -2.89. The van der Waals surface area contributed by atoms with Crippen LogP contribution in [0.1, 0.15) is 43.7 Å². The van der Waals surface area contributed by atoms with E-state index >= 15 is 0 Å². The smallest absolute Gasteiger partial charge is 0.242 e. The van der Waals surface area contributed by atoms with Crippen LogP contribution >= 0.6 is 0 Å². The van der Waals surface area contributed by atoms with Crippen molar-refractivity contribution in [3.63, 3.8) is 0 Å². The second-order valence-electron chi connectivity index (χ2n) is 7.80. The van der Waals surface area contributed by atoms with Crippen LogP contribution in [-0.4, -0.2) is 35.9 Å². The molecule has 0 spiro atoms. The molecular weight excluding hydrogens is 383 g/mol. The van der Waals surface area contributed by atoms with Crippen molar-refractivity contribution >= 4 is 11.8 Å². The predicted molar refractivity (Wildman–Crippen MR) is 114 cm³/mol. The number of amides is 2. The van der Waals surface area contributed by atoms with Gasteiger partial charge in [-0.2, -0.15) is 0 Å². The number of rotatable bonds is 8. The second-order valence-corrected chi connectivity index (χ2v) is 7.80. The lowest BCUT2D eigenvalue weighted by Gasteiger charge is -2.30. The number of carbonyl (C=O) groups is 2. The molecule has 1 aliphatic rings. The third-order valence-electron chi connectivity index (χ3n) is 5.68. The summed E-state index contributed by atoms with van der Waals surface area (Å²) in [5.74, 6) is -0.157. The molecule has 2 aromatic rings. The van der Waals surface area contributed by atoms with E-state index in [1.54, 1.807) is 32.2 Å². The van der Waals surface area contributed by atoms with E-state index in [4.69, 9.17) is 4.74 Å². The van der Waals surface area contributed by atoms with Crippen molar-refractivity contribution in [1.82, 2.24) is 10.2 Å². The quantitative estimate of drug-likeness (QED) is 0.716. The number of carbonyl (C=O) groups excluding carboxylic acids is 2. The largest absolute Gasteiger partial charge is 0.497 e. The molecule has 1 atom stereocenters. The van der Waals surface area contributed by atoms with Crippen LogP contribution in [0.2, 0.25) is 0 Å². The summed E-state index contributed by atoms with van der Waals surface area (Å²) in [4.78, 5) is 27.5. The van der Waals surface area contributed by atoms with Gasteiger partial charge in [-0.3, -0.25) is 9.59 Å². The summed E-state index contributed by atoms with van der Waals surface area (Å²) in [6.45, 7) is 1.99. The SMILES string of the molecule is COc1ccc(CN(C(=O)Cc2ccccc2F)[C@H](C)C(=O)NC2CCCC2)cc1. The van der Waals surface area contributed by atoms with Gasteiger partial charge in [-0.25, -0.2) is 4.39 Å². The zero-order chi connectivity index (χ0) is 21.5. The first-order chi connectivity index (χ1) is 14.5. The Kier molecular flexibility index (Phi) is 7.44. The molecule has 0 heterocycles. The molecule has 0 unspecified atom stereocenters. The standard InChI is InChI=1S/C24H29FN2O3/c1-17(24(29)26-20-8-4-5-9-20)27(16-18-11-13-21(30-2)14-12-18)23(28)15-19-7-3-6-10-22(19)25/h3,6-7,10-14,17,20H,4-5,8-9,15-16H2,1-2H3,(H,26,29)/t17-/m1/s1. The highest BCUT2D eigenvalue weighted by atomic mass is 19.1. The molecule has 0 saturated heterocycles. The first-order valence-corrected chi connectivity index (χ1v) is 10.4. The monoisotopic (exact) mass is 412 g/mol. The molecule has 2 amide bonds. The fraction of sp³-hybridized carbons (Fsp3) is 0.417. The van der Waals surface area contributed by atoms with Gasteiger partial charge in [0.2, 0.25) is 11.8 Å². The molecule has 3 rings (SSSR count). The summed E-state index contributed by atoms with van der Waals surface area (Å²) in [5.41, 5.74) is 1.20. The fourth-order valence-electron chi connectivity index (χ4n) is 3.81. The Balaban J connectivity index is 1.77. The molecule has 1 saturated carbocycles. The summed E-state index contributed by atoms with van der Waals surface area (Å²) in [7, 11) is 1.59. The number of nitrogens with one attached hydrogen (secondary N) is 1. The minimum absolute atomic E-state index is 0.0934. The van der Waals surface area contributed by atoms with E-state index < -0.39 is 11.9 Å². The summed E-state index contributed by atoms with van der Waals surface area (Å²) in [6, 6.07) is 13.1. The summed E-state index contributed by atoms with van der Waals surface area (Å²) < 4.78 is 19.3. The summed E-state index contributed by atoms with van der Waals surface area (Å²) >= 11 is 0. The van der Waals surface area contributed by atoms with Crippen molar-refractivity contribution in [2.45, 2.75) is 57.7 Å². The molecule has 0 aromatic heterocycles. The van der Waals surface area contributed by atoms with Gasteiger partial charge in [0.25, 0.3) is 0 Å². The van der Waals surface area contributed by atoms with E-state index in [1.807, 2.05) is 24.3 Å². The maximum atomic E-state index is 14.1. The number of ether oxygens (including phenoxy) is 1. The van der Waals surface area contributed by atoms with Crippen molar-refractivity contribution in [3.8, 4) is 5.75 Å². The number of hydrogen-bond donors (Lipinski definition) is 1. The van der Waals surface area contributed by atoms with Crippen LogP contribution in [-0.2, 0) is 22.6 Å². The Morgan fingerprint density at radius 3 is 2.43 bits per heavy atom. The number of benzene rings is 2. The zero-order valence-electron chi connectivity index (χ0n) is 17.6. The molecule has 0 bridgehead atoms. The van der Waals surface area contributed by atoms with Gasteiger partial charge < -0.3 is 15.0 Å². The second kappa shape index (κ2) is 10.2. The van der Waals surface area contributed by atoms with E-state index in [2.05, 4.69) is 5.32 Å². The first-order valence-electron chi connectivity index (χ1n) is 10.4. The molecular formula is C24H29FN2O3. The van der Waals surface area contributed by atoms with Crippen molar-refractivity contribution in [2.75, 3.05) is 7.11 Å². The zero-order valence-corrected chi connectivity index (χ0v) is 17.6. The Morgan fingerprint density at radius 2 is 1.80 bits per heavy atom. The van der Waals surface area contributed by atoms with Gasteiger partial charge in [0, 0.05) is 12.6 Å². The average molecular weight is 413 g/mol. The Labute approximate surface area is 177 Å². The van der Waals surface area contributed by atoms with Crippen LogP contribution in [0.25, 0.3) is 0 Å². The van der Waals surface area contributed by atoms with Gasteiger partial charge in [0.1, 0.15) is 17.6 Å². The molecule has 1 aliphatic carbocycles. The molecule has 30 heavy (non-hydrogen) atoms. The van der Waals surface area contributed by atoms with Gasteiger partial charge in [0.05, 0.1) is 13.5 Å². The van der Waals surface area contributed by atoms with E-state index in [0.29, 0.717) is 5.56 Å². The van der Waals surface area contributed by atoms with Crippen molar-refractivity contribution in [2.24, 2.45) is 0 Å². The molecule has 160 valence electrons. The molecule has 1 N–H and O–H groups in total. The van der Waals surface area contributed by atoms with Gasteiger partial charge in [-0.15, -0.1) is 0 Å². The lowest BCUT2D eigenvalue weighted by atomic mass is 10.1. The van der Waals surface area contributed by atoms with E-state index in [-0.39, 0.29) is 30.8 Å². The van der Waals surface area contributed by atoms with Crippen molar-refractivity contribution < 1.29 is 18.7 Å². The van der Waals surface area contributed by atoms with E-state index in [0.717, 1.165) is 37.0 Å². The summed E-state index contributed by atoms with van der Waals surface area (Å²) in [5, 5.41) is 3.07. The molecule has 0 aliphatic heterocycles. The predicted octanol–water partition coefficient (Wildman–Crippen LogP) is 3.85. The fourth-order valence-corrected chi connectivity index (χ4v) is 3.81. The van der Waals surface area contributed by atoms with Crippen LogP contribution in [0.5, 0.6) is 5.75 Å². The normalized spacial score (nSPS) is 14.9. The van der Waals surface area contributed by atoms with Crippen LogP contribution in [0.15, 0.2) is 48.5 Å². The van der Waals surface area contributed by atoms with E-state index in [1.165, 1.54) is 11.0 Å². The highest BCUT2D eigenvalue weighted by Crippen LogP contribution is 2.20. The molecule has 1 fully saturated rings. The van der Waals surface area contributed by atoms with Crippen LogP contribution in [0, 0.1) is 5.82 Å². The number of nitrogens with zero attached hydrogens (tertiary/aromatic N) is 1. The van der Waals surface area contributed by atoms with Crippen LogP contribution < -0.4 is 10.1 Å². The van der Waals surface area contributed by atoms with Crippen molar-refractivity contribution in [1.29, 1.82) is 0 Å². The maximum absolute atomic E-state index is 14.1. The molecule has 6 heteroatoms. The van der Waals surface area contributed by atoms with Crippen LogP contribution in [0.4, 0.5) is 4.39 Å². The average Bonchev–Trinajstić information content (AvgIpc) is 3.26. The number of methoxy groups -OCH3 is 1. The Bertz CT molecular complexity index is 863. The Morgan fingerprint density at radius 1 is 1.13 bits per heavy atom. The summed E-state index contributed by atoms with van der Waals surface area (Å²) in [6.07, 6.45) is 4.08. The third kappa shape index (κ3) is 5.59. The maximum Gasteiger partial charge on any atom is 0.242 e. The molecule has 5 nitrogen and oxygen atoms in total. The third-order valence-corrected chi connectivity index (χ3v) is 5.68. The molecule has 0 radical (unpaired) electrons. The topological polar surface area (TPSA) is 58.6 Å². The number of halogens is 1. The highest BCUT2D eigenvalue weighted by molar-refractivity contribution is 5.88. The lowest BCUT2D eigenvalue weighted by molar-refractivity contribution is -0.140. The number of hydrogen-bond acceptors (Lipinski definition) is 3. The van der Waals surface area contributed by atoms with Gasteiger partial charge >= 0.3 is 0 Å². The highest BCUT2D eigenvalue weighted by Gasteiger charge is 2.28. The molecule has 2 aromatic carbocycles. The van der Waals surface area contributed by atoms with E-state index in [9.17, 15) is 14.0 Å². The minimum Gasteiger partial charge on any atom is -0.497 e. The minimum atomic E-state index is -0.660. The van der Waals surface area contributed by atoms with Crippen molar-refractivity contribution in [3.05, 3.63) is 65.5 Å². The van der Waals surface area contributed by atoms with Gasteiger partial charge in [-0.05, 0) is 49.1 Å².